The first-order valence-electron chi connectivity index (χ1n) is 9.12. The van der Waals surface area contributed by atoms with Crippen molar-refractivity contribution in [3.63, 3.8) is 0 Å². The third kappa shape index (κ3) is 3.97. The van der Waals surface area contributed by atoms with Crippen LogP contribution >= 0.6 is 23.7 Å². The molecule has 148 valence electrons. The van der Waals surface area contributed by atoms with E-state index in [1.807, 2.05) is 52.4 Å². The molecule has 0 aliphatic carbocycles. The predicted molar refractivity (Wildman–Crippen MR) is 113 cm³/mol. The fourth-order valence-corrected chi connectivity index (χ4v) is 4.59. The summed E-state index contributed by atoms with van der Waals surface area (Å²) < 4.78 is 3.05. The molecule has 0 saturated carbocycles. The van der Waals surface area contributed by atoms with Gasteiger partial charge in [0.15, 0.2) is 5.78 Å². The third-order valence-electron chi connectivity index (χ3n) is 5.07. The molecule has 8 heteroatoms. The largest absolute Gasteiger partial charge is 0.336 e. The maximum Gasteiger partial charge on any atom is 0.223 e. The van der Waals surface area contributed by atoms with E-state index in [1.165, 1.54) is 0 Å². The van der Waals surface area contributed by atoms with E-state index in [1.54, 1.807) is 17.5 Å². The standard InChI is InChI=1S/C20H22N4O2S.ClH/c1-23-10-9-22-20(23)16-12-21-8-11-24(16)19(26)7-6-17(25)15-13-27-18-5-3-2-4-14(15)18;/h2-5,9-10,13,16,21H,6-8,11-12H2,1H3;1H. The summed E-state index contributed by atoms with van der Waals surface area (Å²) in [6.07, 6.45) is 4.09. The molecule has 1 N–H and O–H groups in total. The molecule has 1 aliphatic rings. The van der Waals surface area contributed by atoms with Crippen molar-refractivity contribution in [1.82, 2.24) is 19.8 Å². The number of fused-ring (bicyclic) bond motifs is 1. The number of imidazole rings is 1. The first-order chi connectivity index (χ1) is 13.1. The Morgan fingerprint density at radius 3 is 2.89 bits per heavy atom. The molecule has 1 unspecified atom stereocenters. The zero-order valence-electron chi connectivity index (χ0n) is 15.6. The lowest BCUT2D eigenvalue weighted by molar-refractivity contribution is -0.134. The number of hydrogen-bond donors (Lipinski definition) is 1. The average Bonchev–Trinajstić information content (AvgIpc) is 3.32. The van der Waals surface area contributed by atoms with Crippen molar-refractivity contribution >= 4 is 45.5 Å². The molecule has 1 atom stereocenters. The fourth-order valence-electron chi connectivity index (χ4n) is 3.62. The maximum atomic E-state index is 12.9. The number of carbonyl (C=O) groups is 2. The van der Waals surface area contributed by atoms with Gasteiger partial charge in [-0.15, -0.1) is 23.7 Å². The van der Waals surface area contributed by atoms with Crippen LogP contribution in [-0.2, 0) is 11.8 Å². The van der Waals surface area contributed by atoms with Crippen LogP contribution in [0.15, 0.2) is 42.0 Å². The van der Waals surface area contributed by atoms with E-state index in [0.29, 0.717) is 13.1 Å². The van der Waals surface area contributed by atoms with Crippen molar-refractivity contribution in [3.05, 3.63) is 53.4 Å². The molecule has 3 heterocycles. The highest BCUT2D eigenvalue weighted by atomic mass is 35.5. The van der Waals surface area contributed by atoms with E-state index in [9.17, 15) is 9.59 Å². The lowest BCUT2D eigenvalue weighted by Gasteiger charge is -2.35. The zero-order chi connectivity index (χ0) is 18.8. The molecule has 1 fully saturated rings. The van der Waals surface area contributed by atoms with Gasteiger partial charge in [0.25, 0.3) is 0 Å². The number of nitrogens with zero attached hydrogens (tertiary/aromatic N) is 3. The van der Waals surface area contributed by atoms with Gasteiger partial charge in [0.2, 0.25) is 5.91 Å². The van der Waals surface area contributed by atoms with Crippen LogP contribution in [0.25, 0.3) is 10.1 Å². The number of ketones is 1. The van der Waals surface area contributed by atoms with E-state index in [-0.39, 0.29) is 43.0 Å². The number of piperazine rings is 1. The molecule has 0 bridgehead atoms. The van der Waals surface area contributed by atoms with Crippen molar-refractivity contribution < 1.29 is 9.59 Å². The average molecular weight is 419 g/mol. The first kappa shape index (κ1) is 20.5. The summed E-state index contributed by atoms with van der Waals surface area (Å²) in [5.41, 5.74) is 0.726. The smallest absolute Gasteiger partial charge is 0.223 e. The number of nitrogens with one attached hydrogen (secondary N) is 1. The van der Waals surface area contributed by atoms with Crippen molar-refractivity contribution in [1.29, 1.82) is 0 Å². The summed E-state index contributed by atoms with van der Waals surface area (Å²) in [5.74, 6) is 0.910. The van der Waals surface area contributed by atoms with Crippen LogP contribution in [-0.4, -0.2) is 45.8 Å². The Labute approximate surface area is 174 Å². The highest BCUT2D eigenvalue weighted by Gasteiger charge is 2.30. The number of thiophene rings is 1. The van der Waals surface area contributed by atoms with E-state index >= 15 is 0 Å². The van der Waals surface area contributed by atoms with Crippen molar-refractivity contribution in [2.45, 2.75) is 18.9 Å². The van der Waals surface area contributed by atoms with Gasteiger partial charge < -0.3 is 14.8 Å². The Balaban J connectivity index is 0.00000225. The molecule has 28 heavy (non-hydrogen) atoms. The summed E-state index contributed by atoms with van der Waals surface area (Å²) in [6, 6.07) is 7.80. The van der Waals surface area contributed by atoms with Crippen molar-refractivity contribution in [2.75, 3.05) is 19.6 Å². The molecule has 1 aliphatic heterocycles. The highest BCUT2D eigenvalue weighted by Crippen LogP contribution is 2.27. The van der Waals surface area contributed by atoms with Gasteiger partial charge in [0, 0.05) is 72.9 Å². The van der Waals surface area contributed by atoms with Gasteiger partial charge >= 0.3 is 0 Å². The Bertz CT molecular complexity index is 983. The second kappa shape index (κ2) is 8.86. The van der Waals surface area contributed by atoms with E-state index in [2.05, 4.69) is 10.3 Å². The molecule has 4 rings (SSSR count). The minimum atomic E-state index is -0.0941. The molecule has 1 aromatic carbocycles. The van der Waals surface area contributed by atoms with Crippen molar-refractivity contribution in [3.8, 4) is 0 Å². The van der Waals surface area contributed by atoms with Crippen LogP contribution in [0.1, 0.15) is 35.1 Å². The fraction of sp³-hybridized carbons (Fsp3) is 0.350. The van der Waals surface area contributed by atoms with E-state index in [0.717, 1.165) is 28.0 Å². The van der Waals surface area contributed by atoms with Gasteiger partial charge in [-0.2, -0.15) is 0 Å². The molecule has 0 radical (unpaired) electrons. The van der Waals surface area contributed by atoms with E-state index in [4.69, 9.17) is 0 Å². The maximum absolute atomic E-state index is 12.9. The van der Waals surface area contributed by atoms with Gasteiger partial charge in [0.1, 0.15) is 11.9 Å². The molecule has 6 nitrogen and oxygen atoms in total. The van der Waals surface area contributed by atoms with Crippen LogP contribution in [0.2, 0.25) is 0 Å². The van der Waals surface area contributed by atoms with Crippen molar-refractivity contribution in [2.24, 2.45) is 7.05 Å². The number of carbonyl (C=O) groups excluding carboxylic acids is 2. The summed E-state index contributed by atoms with van der Waals surface area (Å²) in [6.45, 7) is 2.07. The molecular weight excluding hydrogens is 396 g/mol. The van der Waals surface area contributed by atoms with Crippen LogP contribution in [0.5, 0.6) is 0 Å². The Morgan fingerprint density at radius 2 is 2.11 bits per heavy atom. The summed E-state index contributed by atoms with van der Waals surface area (Å²) in [7, 11) is 1.94. The Hall–Kier alpha value is -2.22. The Kier molecular flexibility index (Phi) is 6.49. The summed E-state index contributed by atoms with van der Waals surface area (Å²) in [5, 5.41) is 6.21. The summed E-state index contributed by atoms with van der Waals surface area (Å²) in [4.78, 5) is 31.8. The quantitative estimate of drug-likeness (QED) is 0.646. The second-order valence-electron chi connectivity index (χ2n) is 6.77. The number of benzene rings is 1. The highest BCUT2D eigenvalue weighted by molar-refractivity contribution is 7.17. The molecule has 2 aromatic heterocycles. The number of aromatic nitrogens is 2. The molecule has 3 aromatic rings. The minimum Gasteiger partial charge on any atom is -0.336 e. The Morgan fingerprint density at radius 1 is 1.29 bits per heavy atom. The number of rotatable bonds is 5. The topological polar surface area (TPSA) is 67.2 Å². The van der Waals surface area contributed by atoms with Gasteiger partial charge in [-0.05, 0) is 6.07 Å². The normalized spacial score (nSPS) is 16.8. The lowest BCUT2D eigenvalue weighted by atomic mass is 10.0. The zero-order valence-corrected chi connectivity index (χ0v) is 17.3. The molecule has 1 saturated heterocycles. The third-order valence-corrected chi connectivity index (χ3v) is 6.03. The van der Waals surface area contributed by atoms with Crippen LogP contribution in [0, 0.1) is 0 Å². The van der Waals surface area contributed by atoms with Crippen LogP contribution in [0.3, 0.4) is 0 Å². The summed E-state index contributed by atoms with van der Waals surface area (Å²) >= 11 is 1.57. The molecule has 1 amide bonds. The van der Waals surface area contributed by atoms with E-state index < -0.39 is 0 Å². The minimum absolute atomic E-state index is 0. The monoisotopic (exact) mass is 418 g/mol. The van der Waals surface area contributed by atoms with Crippen LogP contribution in [0.4, 0.5) is 0 Å². The molecule has 0 spiro atoms. The molecular formula is C20H23ClN4O2S. The van der Waals surface area contributed by atoms with Gasteiger partial charge in [-0.3, -0.25) is 9.59 Å². The number of amides is 1. The van der Waals surface area contributed by atoms with Crippen LogP contribution < -0.4 is 5.32 Å². The van der Waals surface area contributed by atoms with Gasteiger partial charge in [-0.1, -0.05) is 18.2 Å². The second-order valence-corrected chi connectivity index (χ2v) is 7.68. The first-order valence-corrected chi connectivity index (χ1v) is 10.00. The number of hydrogen-bond acceptors (Lipinski definition) is 5. The van der Waals surface area contributed by atoms with Gasteiger partial charge in [0.05, 0.1) is 0 Å². The number of halogens is 1. The van der Waals surface area contributed by atoms with Gasteiger partial charge in [-0.25, -0.2) is 4.98 Å². The number of aryl methyl sites for hydroxylation is 1. The predicted octanol–water partition coefficient (Wildman–Crippen LogP) is 3.19. The SMILES string of the molecule is Cl.Cn1ccnc1C1CNCCN1C(=O)CCC(=O)c1csc2ccccc12. The number of Topliss-reactive ketones (excluding diaryl/α,β-unsaturated/α-hetero) is 1. The lowest BCUT2D eigenvalue weighted by Crippen LogP contribution is -2.49.